The molecule has 17 nitrogen and oxygen atoms in total. The summed E-state index contributed by atoms with van der Waals surface area (Å²) in [7, 11) is -13.9. The third kappa shape index (κ3) is 6.84. The summed E-state index contributed by atoms with van der Waals surface area (Å²) in [5.74, 6) is -4.59. The third-order valence-corrected chi connectivity index (χ3v) is 11.5. The summed E-state index contributed by atoms with van der Waals surface area (Å²) in [6.45, 7) is 2.04. The molecule has 4 rings (SSSR count). The zero-order valence-electron chi connectivity index (χ0n) is 21.6. The van der Waals surface area contributed by atoms with Crippen LogP contribution in [0.15, 0.2) is 41.8 Å². The first kappa shape index (κ1) is 31.6. The van der Waals surface area contributed by atoms with Gasteiger partial charge in [0.15, 0.2) is 35.2 Å². The predicted molar refractivity (Wildman–Crippen MR) is 141 cm³/mol. The first-order chi connectivity index (χ1) is 18.9. The van der Waals surface area contributed by atoms with E-state index in [9.17, 15) is 37.8 Å². The molecule has 1 unspecified atom stereocenters. The molecule has 0 saturated carbocycles. The first-order valence-corrected chi connectivity index (χ1v) is 17.1. The number of sulfone groups is 1. The molecule has 20 heteroatoms. The number of imidazole rings is 1. The zero-order valence-corrected chi connectivity index (χ0v) is 24.2. The average Bonchev–Trinajstić information content (AvgIpc) is 3.38. The molecule has 226 valence electrons. The number of benzene rings is 1. The van der Waals surface area contributed by atoms with Gasteiger partial charge in [-0.2, -0.15) is 9.97 Å². The molecule has 0 amide bonds. The lowest BCUT2D eigenvalue weighted by molar-refractivity contribution is -0.234. The summed E-state index contributed by atoms with van der Waals surface area (Å²) < 4.78 is 60.2. The third-order valence-electron chi connectivity index (χ3n) is 6.13. The molecule has 3 aromatic rings. The number of aliphatic hydroxyl groups excluding tert-OH is 1. The monoisotopic (exact) mass is 637 g/mol. The van der Waals surface area contributed by atoms with Gasteiger partial charge in [-0.05, 0) is 19.4 Å². The number of aliphatic hydroxyl groups is 3. The number of fused-ring (bicyclic) bond motifs is 1. The smallest absolute Gasteiger partial charge is 0.340 e. The molecule has 2 aromatic heterocycles. The Hall–Kier alpha value is -2.34. The number of hydrogen-bond acceptors (Lipinski definition) is 13. The van der Waals surface area contributed by atoms with E-state index in [1.807, 2.05) is 30.3 Å². The van der Waals surface area contributed by atoms with Crippen LogP contribution in [0.3, 0.4) is 0 Å². The molecule has 0 radical (unpaired) electrons. The van der Waals surface area contributed by atoms with Crippen molar-refractivity contribution in [3.63, 3.8) is 0 Å². The van der Waals surface area contributed by atoms with E-state index in [4.69, 9.17) is 14.5 Å². The minimum atomic E-state index is -4.96. The van der Waals surface area contributed by atoms with Crippen LogP contribution in [-0.2, 0) is 34.8 Å². The maximum Gasteiger partial charge on any atom is 0.340 e. The lowest BCUT2D eigenvalue weighted by atomic mass is 10.1. The second-order valence-electron chi connectivity index (χ2n) is 9.59. The topological polar surface area (TPSA) is 264 Å². The Bertz CT molecular complexity index is 1610. The van der Waals surface area contributed by atoms with Crippen LogP contribution in [-0.4, -0.2) is 93.7 Å². The van der Waals surface area contributed by atoms with Crippen molar-refractivity contribution in [1.29, 1.82) is 0 Å². The van der Waals surface area contributed by atoms with Crippen LogP contribution in [0.25, 0.3) is 11.2 Å². The van der Waals surface area contributed by atoms with Gasteiger partial charge in [0.2, 0.25) is 15.6 Å². The van der Waals surface area contributed by atoms with Crippen molar-refractivity contribution < 1.29 is 56.8 Å². The average molecular weight is 638 g/mol. The van der Waals surface area contributed by atoms with Crippen LogP contribution < -0.4 is 5.32 Å². The van der Waals surface area contributed by atoms with E-state index in [-0.39, 0.29) is 23.5 Å². The van der Waals surface area contributed by atoms with Crippen LogP contribution in [0, 0.1) is 0 Å². The minimum Gasteiger partial charge on any atom is -0.383 e. The minimum absolute atomic E-state index is 0.0297. The molecule has 4 atom stereocenters. The number of aromatic nitrogens is 4. The van der Waals surface area contributed by atoms with E-state index in [0.29, 0.717) is 0 Å². The fourth-order valence-electron chi connectivity index (χ4n) is 3.91. The lowest BCUT2D eigenvalue weighted by Crippen LogP contribution is -2.49. The summed E-state index contributed by atoms with van der Waals surface area (Å²) in [5, 5.41) is 33.3. The van der Waals surface area contributed by atoms with E-state index in [0.717, 1.165) is 16.5 Å². The molecule has 1 fully saturated rings. The molecule has 1 aromatic carbocycles. The van der Waals surface area contributed by atoms with Crippen LogP contribution in [0.1, 0.15) is 25.6 Å². The van der Waals surface area contributed by atoms with E-state index >= 15 is 0 Å². The van der Waals surface area contributed by atoms with Crippen molar-refractivity contribution in [3.8, 4) is 0 Å². The molecule has 7 N–H and O–H groups in total. The van der Waals surface area contributed by atoms with Crippen molar-refractivity contribution >= 4 is 42.0 Å². The van der Waals surface area contributed by atoms with Crippen molar-refractivity contribution in [2.24, 2.45) is 0 Å². The van der Waals surface area contributed by atoms with E-state index in [1.54, 1.807) is 0 Å². The Morgan fingerprint density at radius 3 is 2.41 bits per heavy atom. The summed E-state index contributed by atoms with van der Waals surface area (Å²) >= 11 is 0. The molecular weight excluding hydrogens is 608 g/mol. The van der Waals surface area contributed by atoms with Gasteiger partial charge in [0.1, 0.15) is 6.10 Å². The Kier molecular flexibility index (Phi) is 8.78. The maximum absolute atomic E-state index is 13.0. The highest BCUT2D eigenvalue weighted by Crippen LogP contribution is 2.55. The quantitative estimate of drug-likeness (QED) is 0.0822. The van der Waals surface area contributed by atoms with Gasteiger partial charge < -0.3 is 44.6 Å². The van der Waals surface area contributed by atoms with Gasteiger partial charge in [-0.25, -0.2) is 13.4 Å². The summed E-state index contributed by atoms with van der Waals surface area (Å²) in [6, 6.07) is 9.10. The van der Waals surface area contributed by atoms with Gasteiger partial charge in [0.05, 0.1) is 18.2 Å². The van der Waals surface area contributed by atoms with Gasteiger partial charge >= 0.3 is 15.2 Å². The Balaban J connectivity index is 1.70. The summed E-state index contributed by atoms with van der Waals surface area (Å²) in [4.78, 5) is 40.1. The Labute approximate surface area is 233 Å². The molecule has 1 aliphatic heterocycles. The second-order valence-corrected chi connectivity index (χ2v) is 16.0. The molecular formula is C21H29N5O12P2S. The van der Waals surface area contributed by atoms with Crippen molar-refractivity contribution in [1.82, 2.24) is 19.5 Å². The Morgan fingerprint density at radius 1 is 1.15 bits per heavy atom. The van der Waals surface area contributed by atoms with Gasteiger partial charge in [-0.1, -0.05) is 30.3 Å². The number of nitrogens with zero attached hydrogens (tertiary/aromatic N) is 4. The predicted octanol–water partition coefficient (Wildman–Crippen LogP) is -0.103. The molecule has 0 spiro atoms. The van der Waals surface area contributed by atoms with Gasteiger partial charge in [-0.15, -0.1) is 0 Å². The maximum atomic E-state index is 13.0. The molecule has 41 heavy (non-hydrogen) atoms. The highest BCUT2D eigenvalue weighted by atomic mass is 32.2. The van der Waals surface area contributed by atoms with E-state index in [2.05, 4.69) is 24.8 Å². The SMILES string of the molecule is CC(C)S(=O)(=O)c1nc(NCc2ccccc2)c2ncn([C@@H]3O[C@H](COP(=O)(O)CP(=O)(O)O)C(O)(O)[C@H]3O)c2n1. The highest BCUT2D eigenvalue weighted by Gasteiger charge is 2.56. The highest BCUT2D eigenvalue weighted by molar-refractivity contribution is 7.91. The normalized spacial score (nSPS) is 22.7. The van der Waals surface area contributed by atoms with E-state index in [1.165, 1.54) is 13.8 Å². The second kappa shape index (κ2) is 11.4. The fourth-order valence-corrected chi connectivity index (χ4v) is 7.32. The largest absolute Gasteiger partial charge is 0.383 e. The summed E-state index contributed by atoms with van der Waals surface area (Å²) in [6.07, 6.45) is -4.62. The van der Waals surface area contributed by atoms with E-state index < -0.39 is 72.2 Å². The van der Waals surface area contributed by atoms with Crippen molar-refractivity contribution in [2.75, 3.05) is 17.8 Å². The standard InChI is InChI=1S/C21H29N5O12P2S/c1-12(2)41(35,36)20-24-17(22-8-13-6-4-3-5-7-13)15-18(25-20)26(10-23-15)19-16(27)21(28,29)14(38-19)9-37-40(33,34)11-39(30,31)32/h3-7,10,12,14,16,19,27-29H,8-9,11H2,1-2H3,(H,33,34)(H,22,24,25)(H2,30,31,32)/t14-,16+,19-/m1/s1. The van der Waals surface area contributed by atoms with Crippen LogP contribution in [0.4, 0.5) is 5.82 Å². The fraction of sp³-hybridized carbons (Fsp3) is 0.476. The van der Waals surface area contributed by atoms with Gasteiger partial charge in [0, 0.05) is 6.54 Å². The van der Waals surface area contributed by atoms with Crippen LogP contribution >= 0.6 is 15.2 Å². The van der Waals surface area contributed by atoms with Crippen LogP contribution in [0.2, 0.25) is 0 Å². The molecule has 1 saturated heterocycles. The lowest BCUT2D eigenvalue weighted by Gasteiger charge is -2.25. The summed E-state index contributed by atoms with van der Waals surface area (Å²) in [5.41, 5.74) is 0.738. The number of ether oxygens (including phenoxy) is 1. The molecule has 0 aliphatic carbocycles. The van der Waals surface area contributed by atoms with Gasteiger partial charge in [-0.3, -0.25) is 13.7 Å². The molecule has 1 aliphatic rings. The Morgan fingerprint density at radius 2 is 1.80 bits per heavy atom. The zero-order chi connectivity index (χ0) is 30.4. The van der Waals surface area contributed by atoms with Crippen molar-refractivity contribution in [3.05, 3.63) is 42.2 Å². The van der Waals surface area contributed by atoms with Crippen LogP contribution in [0.5, 0.6) is 0 Å². The number of anilines is 1. The first-order valence-electron chi connectivity index (χ1n) is 12.0. The number of hydrogen-bond donors (Lipinski definition) is 7. The molecule has 3 heterocycles. The number of nitrogens with one attached hydrogen (secondary N) is 1. The molecule has 0 bridgehead atoms. The number of rotatable bonds is 11. The van der Waals surface area contributed by atoms with Gasteiger partial charge in [0.25, 0.3) is 5.16 Å². The van der Waals surface area contributed by atoms with Crippen molar-refractivity contribution in [2.45, 2.75) is 55.0 Å².